The number of rotatable bonds is 42. The minimum Gasteiger partial charge on any atom is -0.394 e. The van der Waals surface area contributed by atoms with Gasteiger partial charge in [-0.1, -0.05) is 199 Å². The molecular weight excluding hydrogens is 763 g/mol. The van der Waals surface area contributed by atoms with E-state index in [4.69, 9.17) is 9.47 Å². The maximum Gasteiger partial charge on any atom is 0.249 e. The molecule has 1 rings (SSSR count). The molecule has 0 spiro atoms. The van der Waals surface area contributed by atoms with E-state index in [0.29, 0.717) is 12.8 Å². The third-order valence-electron chi connectivity index (χ3n) is 12.3. The first kappa shape index (κ1) is 56.9. The van der Waals surface area contributed by atoms with Crippen LogP contribution in [-0.2, 0) is 14.3 Å². The Morgan fingerprint density at radius 2 is 0.983 bits per heavy atom. The molecule has 1 saturated heterocycles. The first-order valence-electron chi connectivity index (χ1n) is 25.1. The molecule has 9 atom stereocenters. The maximum absolute atomic E-state index is 13.1. The molecule has 11 nitrogen and oxygen atoms in total. The zero-order chi connectivity index (χ0) is 44.1. The summed E-state index contributed by atoms with van der Waals surface area (Å²) in [5, 5.41) is 75.8. The van der Waals surface area contributed by atoms with Crippen LogP contribution in [0, 0.1) is 0 Å². The van der Waals surface area contributed by atoms with E-state index in [9.17, 15) is 40.5 Å². The highest BCUT2D eigenvalue weighted by Gasteiger charge is 2.44. The van der Waals surface area contributed by atoms with Crippen LogP contribution < -0.4 is 5.32 Å². The fourth-order valence-corrected chi connectivity index (χ4v) is 8.15. The van der Waals surface area contributed by atoms with Crippen LogP contribution in [0.1, 0.15) is 226 Å². The van der Waals surface area contributed by atoms with Gasteiger partial charge in [-0.3, -0.25) is 4.79 Å². The summed E-state index contributed by atoms with van der Waals surface area (Å²) in [6.45, 7) is 3.44. The molecule has 1 fully saturated rings. The summed E-state index contributed by atoms with van der Waals surface area (Å²) in [4.78, 5) is 13.1. The molecule has 11 heteroatoms. The number of allylic oxidation sites excluding steroid dienone is 2. The van der Waals surface area contributed by atoms with Crippen LogP contribution in [0.2, 0.25) is 0 Å². The van der Waals surface area contributed by atoms with Gasteiger partial charge in [-0.05, 0) is 38.5 Å². The number of nitrogens with one attached hydrogen (secondary N) is 1. The van der Waals surface area contributed by atoms with Crippen LogP contribution in [0.3, 0.4) is 0 Å². The zero-order valence-electron chi connectivity index (χ0n) is 38.5. The van der Waals surface area contributed by atoms with E-state index in [1.807, 2.05) is 0 Å². The molecule has 0 aromatic carbocycles. The maximum atomic E-state index is 13.1. The summed E-state index contributed by atoms with van der Waals surface area (Å²) in [5.41, 5.74) is 0. The van der Waals surface area contributed by atoms with Gasteiger partial charge in [-0.2, -0.15) is 0 Å². The minimum atomic E-state index is -1.66. The standard InChI is InChI=1S/C49H95NO10/c1-3-5-7-9-11-13-15-17-19-21-23-24-26-28-30-32-34-36-41(52)44(54)40(39-59-49-47(57)46(56)45(55)43(38-51)60-49)50-48(58)42(53)37-35-33-31-29-27-25-22-20-18-16-14-12-10-8-6-4-2/h28,30,40-47,49,51-57H,3-27,29,31-39H2,1-2H3,(H,50,58)/b30-28+. The second kappa shape index (κ2) is 39.4. The number of carbonyl (C=O) groups is 1. The van der Waals surface area contributed by atoms with Crippen molar-refractivity contribution >= 4 is 5.91 Å². The van der Waals surface area contributed by atoms with Crippen LogP contribution >= 0.6 is 0 Å². The Hall–Kier alpha value is -1.15. The Bertz CT molecular complexity index is 986. The van der Waals surface area contributed by atoms with Gasteiger partial charge in [0, 0.05) is 0 Å². The third kappa shape index (κ3) is 28.5. The number of carbonyl (C=O) groups excluding carboxylic acids is 1. The van der Waals surface area contributed by atoms with Crippen molar-refractivity contribution in [3.8, 4) is 0 Å². The van der Waals surface area contributed by atoms with E-state index in [1.165, 1.54) is 148 Å². The van der Waals surface area contributed by atoms with E-state index in [-0.39, 0.29) is 12.8 Å². The Morgan fingerprint density at radius 3 is 1.43 bits per heavy atom. The van der Waals surface area contributed by atoms with Crippen LogP contribution in [-0.4, -0.2) is 110 Å². The molecule has 0 saturated carbocycles. The molecule has 356 valence electrons. The average molecular weight is 858 g/mol. The van der Waals surface area contributed by atoms with Gasteiger partial charge in [-0.15, -0.1) is 0 Å². The second-order valence-corrected chi connectivity index (χ2v) is 17.9. The zero-order valence-corrected chi connectivity index (χ0v) is 38.5. The monoisotopic (exact) mass is 858 g/mol. The molecule has 8 N–H and O–H groups in total. The van der Waals surface area contributed by atoms with Gasteiger partial charge in [0.2, 0.25) is 5.91 Å². The van der Waals surface area contributed by atoms with Crippen molar-refractivity contribution in [1.82, 2.24) is 5.32 Å². The highest BCUT2D eigenvalue weighted by Crippen LogP contribution is 2.23. The van der Waals surface area contributed by atoms with Crippen molar-refractivity contribution in [1.29, 1.82) is 0 Å². The van der Waals surface area contributed by atoms with Crippen molar-refractivity contribution in [3.05, 3.63) is 12.2 Å². The van der Waals surface area contributed by atoms with Crippen molar-refractivity contribution in [2.24, 2.45) is 0 Å². The number of unbranched alkanes of at least 4 members (excludes halogenated alkanes) is 28. The number of aliphatic hydroxyl groups excluding tert-OH is 7. The van der Waals surface area contributed by atoms with E-state index in [0.717, 1.165) is 38.5 Å². The Labute approximate surface area is 366 Å². The summed E-state index contributed by atoms with van der Waals surface area (Å²) in [6.07, 6.45) is 31.1. The van der Waals surface area contributed by atoms with E-state index in [1.54, 1.807) is 0 Å². The van der Waals surface area contributed by atoms with Gasteiger partial charge in [0.15, 0.2) is 6.29 Å². The predicted molar refractivity (Wildman–Crippen MR) is 243 cm³/mol. The second-order valence-electron chi connectivity index (χ2n) is 17.9. The first-order valence-corrected chi connectivity index (χ1v) is 25.1. The predicted octanol–water partition coefficient (Wildman–Crippen LogP) is 8.84. The van der Waals surface area contributed by atoms with Crippen molar-refractivity contribution in [3.63, 3.8) is 0 Å². The number of hydrogen-bond acceptors (Lipinski definition) is 10. The molecule has 1 amide bonds. The minimum absolute atomic E-state index is 0.259. The normalized spacial score (nSPS) is 21.6. The van der Waals surface area contributed by atoms with E-state index < -0.39 is 74.2 Å². The first-order chi connectivity index (χ1) is 29.2. The quantitative estimate of drug-likeness (QED) is 0.0218. The lowest BCUT2D eigenvalue weighted by Crippen LogP contribution is -2.60. The molecule has 1 heterocycles. The van der Waals surface area contributed by atoms with Crippen LogP contribution in [0.15, 0.2) is 12.2 Å². The van der Waals surface area contributed by atoms with Gasteiger partial charge in [0.05, 0.1) is 25.4 Å². The Morgan fingerprint density at radius 1 is 0.567 bits per heavy atom. The van der Waals surface area contributed by atoms with Gasteiger partial charge >= 0.3 is 0 Å². The number of amides is 1. The molecular formula is C49H95NO10. The van der Waals surface area contributed by atoms with Crippen LogP contribution in [0.5, 0.6) is 0 Å². The summed E-state index contributed by atoms with van der Waals surface area (Å²) < 4.78 is 11.1. The number of aliphatic hydroxyl groups is 7. The van der Waals surface area contributed by atoms with E-state index >= 15 is 0 Å². The van der Waals surface area contributed by atoms with Crippen LogP contribution in [0.25, 0.3) is 0 Å². The summed E-state index contributed by atoms with van der Waals surface area (Å²) in [5.74, 6) is -0.703. The number of ether oxygens (including phenoxy) is 2. The average Bonchev–Trinajstić information content (AvgIpc) is 3.25. The molecule has 0 bridgehead atoms. The highest BCUT2D eigenvalue weighted by molar-refractivity contribution is 5.80. The van der Waals surface area contributed by atoms with Crippen molar-refractivity contribution in [2.45, 2.75) is 281 Å². The van der Waals surface area contributed by atoms with Gasteiger partial charge in [0.1, 0.15) is 36.6 Å². The summed E-state index contributed by atoms with van der Waals surface area (Å²) in [7, 11) is 0. The summed E-state index contributed by atoms with van der Waals surface area (Å²) >= 11 is 0. The fourth-order valence-electron chi connectivity index (χ4n) is 8.15. The molecule has 1 aliphatic heterocycles. The topological polar surface area (TPSA) is 189 Å². The van der Waals surface area contributed by atoms with E-state index in [2.05, 4.69) is 31.3 Å². The molecule has 1 aliphatic rings. The lowest BCUT2D eigenvalue weighted by Gasteiger charge is -2.40. The lowest BCUT2D eigenvalue weighted by molar-refractivity contribution is -0.303. The SMILES string of the molecule is CCCCCCCCCCCCCC/C=C/CCCC(O)C(O)C(COC1OC(CO)C(O)C(O)C1O)NC(=O)C(O)CCCCCCCCCCCCCCCCCC. The third-order valence-corrected chi connectivity index (χ3v) is 12.3. The smallest absolute Gasteiger partial charge is 0.249 e. The fraction of sp³-hybridized carbons (Fsp3) is 0.939. The Balaban J connectivity index is 2.43. The molecule has 0 radical (unpaired) electrons. The van der Waals surface area contributed by atoms with Gasteiger partial charge < -0.3 is 50.5 Å². The van der Waals surface area contributed by atoms with Crippen molar-refractivity contribution < 1.29 is 50.0 Å². The van der Waals surface area contributed by atoms with Crippen molar-refractivity contribution in [2.75, 3.05) is 13.2 Å². The molecule has 9 unspecified atom stereocenters. The molecule has 0 aromatic heterocycles. The largest absolute Gasteiger partial charge is 0.394 e. The Kier molecular flexibility index (Phi) is 37.4. The highest BCUT2D eigenvalue weighted by atomic mass is 16.7. The summed E-state index contributed by atoms with van der Waals surface area (Å²) in [6, 6.07) is -1.18. The lowest BCUT2D eigenvalue weighted by atomic mass is 9.98. The van der Waals surface area contributed by atoms with Gasteiger partial charge in [0.25, 0.3) is 0 Å². The number of hydrogen-bond donors (Lipinski definition) is 8. The van der Waals surface area contributed by atoms with Gasteiger partial charge in [-0.25, -0.2) is 0 Å². The molecule has 0 aromatic rings. The molecule has 0 aliphatic carbocycles. The molecule has 60 heavy (non-hydrogen) atoms. The van der Waals surface area contributed by atoms with Crippen LogP contribution in [0.4, 0.5) is 0 Å².